The number of hydrogen-bond donors (Lipinski definition) is 1. The van der Waals surface area contributed by atoms with E-state index in [9.17, 15) is 0 Å². The Morgan fingerprint density at radius 2 is 2.11 bits per heavy atom. The van der Waals surface area contributed by atoms with Crippen molar-refractivity contribution >= 4 is 11.8 Å². The Hall–Kier alpha value is -1.36. The summed E-state index contributed by atoms with van der Waals surface area (Å²) in [5.41, 5.74) is 1.00. The lowest BCUT2D eigenvalue weighted by atomic mass is 10.1. The lowest BCUT2D eigenvalue weighted by molar-refractivity contribution is 0.0853. The maximum Gasteiger partial charge on any atom is 0.224 e. The van der Waals surface area contributed by atoms with Gasteiger partial charge in [0, 0.05) is 44.6 Å². The summed E-state index contributed by atoms with van der Waals surface area (Å²) in [6.45, 7) is 6.75. The van der Waals surface area contributed by atoms with Crippen LogP contribution in [0.2, 0.25) is 0 Å². The van der Waals surface area contributed by atoms with Crippen LogP contribution in [0, 0.1) is 6.92 Å². The van der Waals surface area contributed by atoms with E-state index in [2.05, 4.69) is 34.2 Å². The molecule has 1 saturated heterocycles. The molecule has 1 aromatic rings. The van der Waals surface area contributed by atoms with E-state index in [1.54, 1.807) is 0 Å². The average Bonchev–Trinajstić information content (AvgIpc) is 2.44. The average molecular weight is 264 g/mol. The Labute approximate surface area is 115 Å². The molecule has 1 fully saturated rings. The van der Waals surface area contributed by atoms with Crippen LogP contribution in [0.4, 0.5) is 11.8 Å². The topological polar surface area (TPSA) is 50.3 Å². The van der Waals surface area contributed by atoms with Gasteiger partial charge in [-0.1, -0.05) is 6.92 Å². The van der Waals surface area contributed by atoms with Crippen LogP contribution in [0.5, 0.6) is 0 Å². The van der Waals surface area contributed by atoms with Crippen molar-refractivity contribution in [1.82, 2.24) is 9.97 Å². The SMILES string of the molecule is CCCNc1nc(C)cc(N(C)C2CCOCC2)n1. The smallest absolute Gasteiger partial charge is 0.224 e. The minimum atomic E-state index is 0.516. The van der Waals surface area contributed by atoms with Crippen molar-refractivity contribution < 1.29 is 4.74 Å². The highest BCUT2D eigenvalue weighted by molar-refractivity contribution is 5.45. The monoisotopic (exact) mass is 264 g/mol. The van der Waals surface area contributed by atoms with Gasteiger partial charge in [0.1, 0.15) is 5.82 Å². The number of aromatic nitrogens is 2. The van der Waals surface area contributed by atoms with Crippen molar-refractivity contribution in [3.05, 3.63) is 11.8 Å². The molecule has 106 valence electrons. The Balaban J connectivity index is 2.11. The van der Waals surface area contributed by atoms with Crippen LogP contribution < -0.4 is 10.2 Å². The summed E-state index contributed by atoms with van der Waals surface area (Å²) in [7, 11) is 2.11. The molecule has 0 atom stereocenters. The summed E-state index contributed by atoms with van der Waals surface area (Å²) in [4.78, 5) is 11.3. The molecule has 0 amide bonds. The van der Waals surface area contributed by atoms with E-state index in [-0.39, 0.29) is 0 Å². The summed E-state index contributed by atoms with van der Waals surface area (Å²) in [6.07, 6.45) is 3.21. The zero-order chi connectivity index (χ0) is 13.7. The van der Waals surface area contributed by atoms with E-state index >= 15 is 0 Å². The number of hydrogen-bond acceptors (Lipinski definition) is 5. The Morgan fingerprint density at radius 3 is 2.79 bits per heavy atom. The third-order valence-corrected chi connectivity index (χ3v) is 3.47. The fourth-order valence-corrected chi connectivity index (χ4v) is 2.31. The first-order chi connectivity index (χ1) is 9.20. The van der Waals surface area contributed by atoms with Crippen molar-refractivity contribution in [2.24, 2.45) is 0 Å². The zero-order valence-corrected chi connectivity index (χ0v) is 12.1. The molecule has 2 heterocycles. The molecule has 0 radical (unpaired) electrons. The van der Waals surface area contributed by atoms with E-state index in [1.807, 2.05) is 13.0 Å². The molecule has 0 aliphatic carbocycles. The van der Waals surface area contributed by atoms with Crippen LogP contribution in [-0.4, -0.2) is 42.8 Å². The maximum atomic E-state index is 5.41. The van der Waals surface area contributed by atoms with Crippen LogP contribution in [0.1, 0.15) is 31.9 Å². The molecule has 2 rings (SSSR count). The van der Waals surface area contributed by atoms with Gasteiger partial charge in [-0.15, -0.1) is 0 Å². The van der Waals surface area contributed by atoms with Gasteiger partial charge in [-0.3, -0.25) is 0 Å². The van der Waals surface area contributed by atoms with E-state index in [1.165, 1.54) is 0 Å². The van der Waals surface area contributed by atoms with Gasteiger partial charge >= 0.3 is 0 Å². The quantitative estimate of drug-likeness (QED) is 0.883. The Bertz CT molecular complexity index is 404. The summed E-state index contributed by atoms with van der Waals surface area (Å²) in [5, 5.41) is 3.26. The van der Waals surface area contributed by atoms with E-state index in [0.717, 1.165) is 56.5 Å². The lowest BCUT2D eigenvalue weighted by Gasteiger charge is -2.32. The van der Waals surface area contributed by atoms with Crippen molar-refractivity contribution in [1.29, 1.82) is 0 Å². The van der Waals surface area contributed by atoms with Crippen LogP contribution in [0.3, 0.4) is 0 Å². The highest BCUT2D eigenvalue weighted by atomic mass is 16.5. The van der Waals surface area contributed by atoms with Gasteiger partial charge in [-0.25, -0.2) is 4.98 Å². The van der Waals surface area contributed by atoms with Gasteiger partial charge in [0.2, 0.25) is 5.95 Å². The molecule has 1 aromatic heterocycles. The molecule has 0 spiro atoms. The summed E-state index contributed by atoms with van der Waals surface area (Å²) in [5.74, 6) is 1.73. The summed E-state index contributed by atoms with van der Waals surface area (Å²) in [6, 6.07) is 2.56. The van der Waals surface area contributed by atoms with Crippen LogP contribution in [0.25, 0.3) is 0 Å². The summed E-state index contributed by atoms with van der Waals surface area (Å²) < 4.78 is 5.41. The highest BCUT2D eigenvalue weighted by Crippen LogP contribution is 2.21. The normalized spacial score (nSPS) is 16.4. The van der Waals surface area contributed by atoms with Crippen molar-refractivity contribution in [2.75, 3.05) is 37.0 Å². The van der Waals surface area contributed by atoms with Gasteiger partial charge in [-0.2, -0.15) is 4.98 Å². The van der Waals surface area contributed by atoms with Crippen LogP contribution >= 0.6 is 0 Å². The first-order valence-electron chi connectivity index (χ1n) is 7.11. The molecule has 1 aliphatic rings. The largest absolute Gasteiger partial charge is 0.381 e. The molecule has 1 aliphatic heterocycles. The Morgan fingerprint density at radius 1 is 1.37 bits per heavy atom. The third kappa shape index (κ3) is 3.80. The summed E-state index contributed by atoms with van der Waals surface area (Å²) >= 11 is 0. The highest BCUT2D eigenvalue weighted by Gasteiger charge is 2.20. The van der Waals surface area contributed by atoms with Gasteiger partial charge in [0.15, 0.2) is 0 Å². The standard InChI is InChI=1S/C14H24N4O/c1-4-7-15-14-16-11(2)10-13(17-14)18(3)12-5-8-19-9-6-12/h10,12H,4-9H2,1-3H3,(H,15,16,17). The molecule has 19 heavy (non-hydrogen) atoms. The van der Waals surface area contributed by atoms with Gasteiger partial charge in [0.05, 0.1) is 0 Å². The van der Waals surface area contributed by atoms with Crippen LogP contribution in [-0.2, 0) is 4.74 Å². The maximum absolute atomic E-state index is 5.41. The lowest BCUT2D eigenvalue weighted by Crippen LogP contribution is -2.37. The second-order valence-corrected chi connectivity index (χ2v) is 5.07. The van der Waals surface area contributed by atoms with E-state index < -0.39 is 0 Å². The molecule has 5 heteroatoms. The van der Waals surface area contributed by atoms with Crippen molar-refractivity contribution in [3.8, 4) is 0 Å². The van der Waals surface area contributed by atoms with Crippen molar-refractivity contribution in [2.45, 2.75) is 39.2 Å². The van der Waals surface area contributed by atoms with Gasteiger partial charge in [-0.05, 0) is 26.2 Å². The number of rotatable bonds is 5. The van der Waals surface area contributed by atoms with Crippen molar-refractivity contribution in [3.63, 3.8) is 0 Å². The molecule has 1 N–H and O–H groups in total. The fourth-order valence-electron chi connectivity index (χ4n) is 2.31. The fraction of sp³-hybridized carbons (Fsp3) is 0.714. The minimum Gasteiger partial charge on any atom is -0.381 e. The molecule has 0 bridgehead atoms. The predicted octanol–water partition coefficient (Wildman–Crippen LogP) is 2.22. The zero-order valence-electron chi connectivity index (χ0n) is 12.1. The minimum absolute atomic E-state index is 0.516. The Kier molecular flexibility index (Phi) is 4.96. The van der Waals surface area contributed by atoms with Gasteiger partial charge in [0.25, 0.3) is 0 Å². The predicted molar refractivity (Wildman–Crippen MR) is 77.8 cm³/mol. The van der Waals surface area contributed by atoms with Gasteiger partial charge < -0.3 is 15.0 Å². The number of ether oxygens (including phenoxy) is 1. The second kappa shape index (κ2) is 6.70. The van der Waals surface area contributed by atoms with E-state index in [4.69, 9.17) is 4.74 Å². The molecule has 0 aromatic carbocycles. The number of nitrogens with one attached hydrogen (secondary N) is 1. The number of nitrogens with zero attached hydrogens (tertiary/aromatic N) is 3. The first kappa shape index (κ1) is 14.1. The molecule has 0 saturated carbocycles. The molecular weight excluding hydrogens is 240 g/mol. The number of anilines is 2. The van der Waals surface area contributed by atoms with Crippen LogP contribution in [0.15, 0.2) is 6.07 Å². The molecular formula is C14H24N4O. The first-order valence-corrected chi connectivity index (χ1v) is 7.11. The van der Waals surface area contributed by atoms with E-state index in [0.29, 0.717) is 6.04 Å². The molecule has 0 unspecified atom stereocenters. The number of aryl methyl sites for hydroxylation is 1. The molecule has 5 nitrogen and oxygen atoms in total. The third-order valence-electron chi connectivity index (χ3n) is 3.47. The second-order valence-electron chi connectivity index (χ2n) is 5.07.